The Hall–Kier alpha value is -0.990. The fourth-order valence-corrected chi connectivity index (χ4v) is 4.68. The highest BCUT2D eigenvalue weighted by molar-refractivity contribution is 7.89. The minimum Gasteiger partial charge on any atom is -0.350 e. The molecule has 23 heavy (non-hydrogen) atoms. The summed E-state index contributed by atoms with van der Waals surface area (Å²) in [5, 5.41) is 5.77. The summed E-state index contributed by atoms with van der Waals surface area (Å²) in [5.41, 5.74) is 0.842. The third-order valence-electron chi connectivity index (χ3n) is 4.03. The monoisotopic (exact) mass is 359 g/mol. The van der Waals surface area contributed by atoms with Crippen LogP contribution in [0.2, 0.25) is 0 Å². The van der Waals surface area contributed by atoms with Gasteiger partial charge in [0.1, 0.15) is 0 Å². The van der Waals surface area contributed by atoms with E-state index in [0.29, 0.717) is 19.6 Å². The lowest BCUT2D eigenvalue weighted by atomic mass is 10.0. The van der Waals surface area contributed by atoms with Crippen LogP contribution in [0.5, 0.6) is 0 Å². The molecule has 1 aromatic rings. The van der Waals surface area contributed by atoms with Gasteiger partial charge < -0.3 is 5.32 Å². The lowest BCUT2D eigenvalue weighted by Crippen LogP contribution is -2.39. The van der Waals surface area contributed by atoms with E-state index in [9.17, 15) is 13.2 Å². The Morgan fingerprint density at radius 1 is 1.52 bits per heavy atom. The van der Waals surface area contributed by atoms with Crippen molar-refractivity contribution < 1.29 is 13.2 Å². The van der Waals surface area contributed by atoms with Gasteiger partial charge in [-0.3, -0.25) is 4.79 Å². The smallest absolute Gasteiger partial charge is 0.222 e. The zero-order valence-electron chi connectivity index (χ0n) is 13.9. The average molecular weight is 360 g/mol. The van der Waals surface area contributed by atoms with E-state index in [4.69, 9.17) is 0 Å². The number of sulfonamides is 1. The van der Waals surface area contributed by atoms with Crippen molar-refractivity contribution in [2.75, 3.05) is 18.8 Å². The molecule has 1 amide bonds. The van der Waals surface area contributed by atoms with Gasteiger partial charge in [-0.25, -0.2) is 17.7 Å². The topological polar surface area (TPSA) is 79.4 Å². The second-order valence-electron chi connectivity index (χ2n) is 6.15. The molecule has 1 aromatic heterocycles. The lowest BCUT2D eigenvalue weighted by Gasteiger charge is -2.30. The molecule has 2 rings (SSSR count). The number of piperidine rings is 1. The summed E-state index contributed by atoms with van der Waals surface area (Å²) in [5.74, 6) is 0.269. The quantitative estimate of drug-likeness (QED) is 0.842. The number of rotatable bonds is 6. The second-order valence-corrected chi connectivity index (χ2v) is 9.29. The van der Waals surface area contributed by atoms with Gasteiger partial charge in [-0.2, -0.15) is 0 Å². The second kappa shape index (κ2) is 7.72. The van der Waals surface area contributed by atoms with Crippen LogP contribution in [0, 0.1) is 5.92 Å². The van der Waals surface area contributed by atoms with Gasteiger partial charge in [0.25, 0.3) is 0 Å². The maximum atomic E-state index is 12.0. The van der Waals surface area contributed by atoms with Crippen molar-refractivity contribution in [3.63, 3.8) is 0 Å². The molecule has 6 nitrogen and oxygen atoms in total. The van der Waals surface area contributed by atoms with Gasteiger partial charge in [-0.15, -0.1) is 11.3 Å². The van der Waals surface area contributed by atoms with E-state index < -0.39 is 10.0 Å². The molecule has 1 unspecified atom stereocenters. The Morgan fingerprint density at radius 2 is 2.26 bits per heavy atom. The van der Waals surface area contributed by atoms with Gasteiger partial charge >= 0.3 is 0 Å². The highest BCUT2D eigenvalue weighted by Crippen LogP contribution is 2.30. The van der Waals surface area contributed by atoms with Crippen molar-refractivity contribution in [1.29, 1.82) is 0 Å². The molecule has 2 heterocycles. The molecular formula is C15H25N3O3S2. The number of carbonyl (C=O) groups excluding carboxylic acids is 1. The standard InChI is InChI=1S/C15H25N3O3S2/c1-4-23(20,21)18-7-5-6-12(9-18)15-17-13(10-22-15)8-16-14(19)11(2)3/h10-12H,4-9H2,1-3H3,(H,16,19). The van der Waals surface area contributed by atoms with E-state index >= 15 is 0 Å². The van der Waals surface area contributed by atoms with Gasteiger partial charge in [0.05, 0.1) is 23.0 Å². The molecule has 0 saturated carbocycles. The van der Waals surface area contributed by atoms with Crippen LogP contribution in [0.4, 0.5) is 0 Å². The van der Waals surface area contributed by atoms with Crippen LogP contribution in [0.15, 0.2) is 5.38 Å². The molecule has 0 radical (unpaired) electrons. The van der Waals surface area contributed by atoms with Gasteiger partial charge in [0.2, 0.25) is 15.9 Å². The molecule has 1 N–H and O–H groups in total. The summed E-state index contributed by atoms with van der Waals surface area (Å²) in [6.45, 7) is 6.94. The molecule has 0 spiro atoms. The summed E-state index contributed by atoms with van der Waals surface area (Å²) in [7, 11) is -3.13. The molecule has 8 heteroatoms. The molecule has 1 atom stereocenters. The van der Waals surface area contributed by atoms with E-state index in [0.717, 1.165) is 23.5 Å². The first-order chi connectivity index (χ1) is 10.8. The molecule has 0 aliphatic carbocycles. The number of amides is 1. The van der Waals surface area contributed by atoms with E-state index in [1.165, 1.54) is 0 Å². The molecular weight excluding hydrogens is 334 g/mol. The number of carbonyl (C=O) groups is 1. The van der Waals surface area contributed by atoms with Crippen molar-refractivity contribution in [3.8, 4) is 0 Å². The predicted molar refractivity (Wildman–Crippen MR) is 91.8 cm³/mol. The van der Waals surface area contributed by atoms with E-state index in [-0.39, 0.29) is 23.5 Å². The first-order valence-corrected chi connectivity index (χ1v) is 10.5. The summed E-state index contributed by atoms with van der Waals surface area (Å²) in [4.78, 5) is 16.2. The number of nitrogens with zero attached hydrogens (tertiary/aromatic N) is 2. The normalized spacial score (nSPS) is 19.9. The van der Waals surface area contributed by atoms with Crippen LogP contribution >= 0.6 is 11.3 Å². The number of hydrogen-bond acceptors (Lipinski definition) is 5. The van der Waals surface area contributed by atoms with Crippen LogP contribution in [-0.4, -0.2) is 42.5 Å². The van der Waals surface area contributed by atoms with Crippen LogP contribution in [-0.2, 0) is 21.4 Å². The number of aromatic nitrogens is 1. The van der Waals surface area contributed by atoms with E-state index in [2.05, 4.69) is 10.3 Å². The summed E-state index contributed by atoms with van der Waals surface area (Å²) in [6.07, 6.45) is 1.82. The predicted octanol–water partition coefficient (Wildman–Crippen LogP) is 1.94. The van der Waals surface area contributed by atoms with Crippen LogP contribution < -0.4 is 5.32 Å². The Bertz CT molecular complexity index is 640. The third-order valence-corrected chi connectivity index (χ3v) is 6.93. The molecule has 1 fully saturated rings. The van der Waals surface area contributed by atoms with Gasteiger partial charge in [0, 0.05) is 30.3 Å². The highest BCUT2D eigenvalue weighted by atomic mass is 32.2. The SMILES string of the molecule is CCS(=O)(=O)N1CCCC(c2nc(CNC(=O)C(C)C)cs2)C1. The highest BCUT2D eigenvalue weighted by Gasteiger charge is 2.29. The summed E-state index contributed by atoms with van der Waals surface area (Å²) in [6, 6.07) is 0. The molecule has 0 bridgehead atoms. The minimum atomic E-state index is -3.13. The maximum Gasteiger partial charge on any atom is 0.222 e. The first kappa shape index (κ1) is 18.4. The Labute approximate surface area is 142 Å². The zero-order chi connectivity index (χ0) is 17.0. The van der Waals surface area contributed by atoms with Crippen molar-refractivity contribution in [2.45, 2.75) is 46.1 Å². The minimum absolute atomic E-state index is 0.0115. The van der Waals surface area contributed by atoms with Gasteiger partial charge in [-0.1, -0.05) is 13.8 Å². The van der Waals surface area contributed by atoms with Crippen molar-refractivity contribution in [2.24, 2.45) is 5.92 Å². The molecule has 1 aliphatic rings. The summed E-state index contributed by atoms with van der Waals surface area (Å²) < 4.78 is 25.7. The van der Waals surface area contributed by atoms with Crippen molar-refractivity contribution in [1.82, 2.24) is 14.6 Å². The fourth-order valence-electron chi connectivity index (χ4n) is 2.55. The van der Waals surface area contributed by atoms with E-state index in [1.54, 1.807) is 22.6 Å². The van der Waals surface area contributed by atoms with Gasteiger partial charge in [0.15, 0.2) is 0 Å². The molecule has 1 aliphatic heterocycles. The zero-order valence-corrected chi connectivity index (χ0v) is 15.5. The van der Waals surface area contributed by atoms with E-state index in [1.807, 2.05) is 19.2 Å². The largest absolute Gasteiger partial charge is 0.350 e. The Morgan fingerprint density at radius 3 is 2.91 bits per heavy atom. The number of nitrogens with one attached hydrogen (secondary N) is 1. The van der Waals surface area contributed by atoms with Crippen LogP contribution in [0.25, 0.3) is 0 Å². The number of thiazole rings is 1. The maximum absolute atomic E-state index is 12.0. The first-order valence-electron chi connectivity index (χ1n) is 8.03. The van der Waals surface area contributed by atoms with Gasteiger partial charge in [-0.05, 0) is 19.8 Å². The number of hydrogen-bond donors (Lipinski definition) is 1. The molecule has 130 valence electrons. The van der Waals surface area contributed by atoms with Crippen LogP contribution in [0.3, 0.4) is 0 Å². The summed E-state index contributed by atoms with van der Waals surface area (Å²) >= 11 is 1.55. The molecule has 0 aromatic carbocycles. The fraction of sp³-hybridized carbons (Fsp3) is 0.733. The third kappa shape index (κ3) is 4.74. The molecule has 1 saturated heterocycles. The lowest BCUT2D eigenvalue weighted by molar-refractivity contribution is -0.124. The van der Waals surface area contributed by atoms with Crippen molar-refractivity contribution >= 4 is 27.3 Å². The Balaban J connectivity index is 1.98. The van der Waals surface area contributed by atoms with Crippen molar-refractivity contribution in [3.05, 3.63) is 16.1 Å². The average Bonchev–Trinajstić information content (AvgIpc) is 3.01. The Kier molecular flexibility index (Phi) is 6.16. The van der Waals surface area contributed by atoms with Crippen LogP contribution in [0.1, 0.15) is 50.2 Å².